The van der Waals surface area contributed by atoms with Crippen LogP contribution in [-0.4, -0.2) is 18.6 Å². The number of fused-ring (bicyclic) bond motifs is 1. The van der Waals surface area contributed by atoms with Crippen molar-refractivity contribution < 1.29 is 4.74 Å². The maximum atomic E-state index is 5.19. The lowest BCUT2D eigenvalue weighted by molar-refractivity contribution is 0.413. The molecule has 0 amide bonds. The standard InChI is InChI=1S/C9H12N2O/c1-12-8-6-10-5-7-3-2-4-11-9(7)8/h5-6,11H,2-4H2,1H3. The number of ether oxygens (including phenoxy) is 1. The first kappa shape index (κ1) is 7.40. The Labute approximate surface area is 71.8 Å². The molecule has 3 nitrogen and oxygen atoms in total. The third-order valence-electron chi connectivity index (χ3n) is 2.13. The zero-order chi connectivity index (χ0) is 8.39. The highest BCUT2D eigenvalue weighted by Gasteiger charge is 2.12. The quantitative estimate of drug-likeness (QED) is 0.682. The highest BCUT2D eigenvalue weighted by molar-refractivity contribution is 5.61. The van der Waals surface area contributed by atoms with Crippen LogP contribution in [0, 0.1) is 0 Å². The Bertz CT molecular complexity index is 272. The monoisotopic (exact) mass is 164 g/mol. The van der Waals surface area contributed by atoms with E-state index in [1.165, 1.54) is 12.0 Å². The molecule has 12 heavy (non-hydrogen) atoms. The van der Waals surface area contributed by atoms with Gasteiger partial charge in [0.15, 0.2) is 5.75 Å². The van der Waals surface area contributed by atoms with Gasteiger partial charge in [-0.15, -0.1) is 0 Å². The summed E-state index contributed by atoms with van der Waals surface area (Å²) in [6.45, 7) is 1.04. The van der Waals surface area contributed by atoms with Crippen LogP contribution in [0.3, 0.4) is 0 Å². The van der Waals surface area contributed by atoms with Crippen LogP contribution in [0.2, 0.25) is 0 Å². The van der Waals surface area contributed by atoms with Crippen molar-refractivity contribution in [2.45, 2.75) is 12.8 Å². The lowest BCUT2D eigenvalue weighted by Gasteiger charge is -2.19. The molecule has 1 aromatic rings. The van der Waals surface area contributed by atoms with Crippen molar-refractivity contribution in [2.24, 2.45) is 0 Å². The molecule has 1 aliphatic heterocycles. The summed E-state index contributed by atoms with van der Waals surface area (Å²) in [5.74, 6) is 0.854. The first-order chi connectivity index (χ1) is 5.92. The van der Waals surface area contributed by atoms with E-state index in [1.54, 1.807) is 13.3 Å². The van der Waals surface area contributed by atoms with Gasteiger partial charge in [0.05, 0.1) is 19.0 Å². The summed E-state index contributed by atoms with van der Waals surface area (Å²) in [7, 11) is 1.67. The highest BCUT2D eigenvalue weighted by atomic mass is 16.5. The van der Waals surface area contributed by atoms with E-state index < -0.39 is 0 Å². The molecular weight excluding hydrogens is 152 g/mol. The van der Waals surface area contributed by atoms with Gasteiger partial charge in [0.25, 0.3) is 0 Å². The minimum absolute atomic E-state index is 0.854. The topological polar surface area (TPSA) is 34.1 Å². The fraction of sp³-hybridized carbons (Fsp3) is 0.444. The van der Waals surface area contributed by atoms with Gasteiger partial charge in [-0.2, -0.15) is 0 Å². The van der Waals surface area contributed by atoms with Gasteiger partial charge >= 0.3 is 0 Å². The second-order valence-corrected chi connectivity index (χ2v) is 2.91. The van der Waals surface area contributed by atoms with E-state index >= 15 is 0 Å². The molecule has 0 spiro atoms. The molecule has 0 aliphatic carbocycles. The van der Waals surface area contributed by atoms with Crippen LogP contribution in [0.25, 0.3) is 0 Å². The number of pyridine rings is 1. The lowest BCUT2D eigenvalue weighted by Crippen LogP contribution is -2.12. The van der Waals surface area contributed by atoms with Crippen LogP contribution in [0.5, 0.6) is 5.75 Å². The van der Waals surface area contributed by atoms with E-state index in [1.807, 2.05) is 6.20 Å². The van der Waals surface area contributed by atoms with Crippen LogP contribution in [0.4, 0.5) is 5.69 Å². The van der Waals surface area contributed by atoms with E-state index in [4.69, 9.17) is 4.74 Å². The molecule has 2 rings (SSSR count). The molecule has 0 saturated carbocycles. The third-order valence-corrected chi connectivity index (χ3v) is 2.13. The Morgan fingerprint density at radius 2 is 2.42 bits per heavy atom. The highest BCUT2D eigenvalue weighted by Crippen LogP contribution is 2.30. The summed E-state index contributed by atoms with van der Waals surface area (Å²) < 4.78 is 5.19. The first-order valence-corrected chi connectivity index (χ1v) is 4.16. The van der Waals surface area contributed by atoms with Gasteiger partial charge in [-0.25, -0.2) is 0 Å². The number of aromatic nitrogens is 1. The normalized spacial score (nSPS) is 14.8. The zero-order valence-electron chi connectivity index (χ0n) is 7.13. The minimum atomic E-state index is 0.854. The van der Waals surface area contributed by atoms with Crippen molar-refractivity contribution in [1.82, 2.24) is 4.98 Å². The second kappa shape index (κ2) is 3.01. The van der Waals surface area contributed by atoms with Crippen LogP contribution < -0.4 is 10.1 Å². The number of nitrogens with zero attached hydrogens (tertiary/aromatic N) is 1. The lowest BCUT2D eigenvalue weighted by atomic mass is 10.1. The Balaban J connectivity index is 2.44. The van der Waals surface area contributed by atoms with Crippen LogP contribution >= 0.6 is 0 Å². The predicted octanol–water partition coefficient (Wildman–Crippen LogP) is 1.45. The molecule has 64 valence electrons. The van der Waals surface area contributed by atoms with Crippen molar-refractivity contribution in [1.29, 1.82) is 0 Å². The third kappa shape index (κ3) is 1.11. The number of aryl methyl sites for hydroxylation is 1. The van der Waals surface area contributed by atoms with Gasteiger partial charge in [0, 0.05) is 12.7 Å². The molecule has 1 aromatic heterocycles. The first-order valence-electron chi connectivity index (χ1n) is 4.16. The number of methoxy groups -OCH3 is 1. The Hall–Kier alpha value is -1.25. The Morgan fingerprint density at radius 1 is 1.50 bits per heavy atom. The van der Waals surface area contributed by atoms with E-state index in [0.29, 0.717) is 0 Å². The molecule has 0 saturated heterocycles. The molecule has 0 radical (unpaired) electrons. The van der Waals surface area contributed by atoms with Gasteiger partial charge in [-0.05, 0) is 18.4 Å². The minimum Gasteiger partial charge on any atom is -0.493 e. The molecule has 0 fully saturated rings. The van der Waals surface area contributed by atoms with Crippen LogP contribution in [-0.2, 0) is 6.42 Å². The molecule has 0 bridgehead atoms. The molecule has 1 aliphatic rings. The number of hydrogen-bond donors (Lipinski definition) is 1. The van der Waals surface area contributed by atoms with Gasteiger partial charge in [0.2, 0.25) is 0 Å². The number of hydrogen-bond acceptors (Lipinski definition) is 3. The van der Waals surface area contributed by atoms with E-state index in [2.05, 4.69) is 10.3 Å². The molecular formula is C9H12N2O. The van der Waals surface area contributed by atoms with Crippen LogP contribution in [0.1, 0.15) is 12.0 Å². The van der Waals surface area contributed by atoms with Crippen molar-refractivity contribution >= 4 is 5.69 Å². The summed E-state index contributed by atoms with van der Waals surface area (Å²) in [6, 6.07) is 0. The Morgan fingerprint density at radius 3 is 3.25 bits per heavy atom. The summed E-state index contributed by atoms with van der Waals surface area (Å²) >= 11 is 0. The summed E-state index contributed by atoms with van der Waals surface area (Å²) in [5.41, 5.74) is 2.39. The fourth-order valence-electron chi connectivity index (χ4n) is 1.52. The Kier molecular flexibility index (Phi) is 1.86. The maximum Gasteiger partial charge on any atom is 0.160 e. The van der Waals surface area contributed by atoms with E-state index in [-0.39, 0.29) is 0 Å². The van der Waals surface area contributed by atoms with E-state index in [9.17, 15) is 0 Å². The molecule has 0 atom stereocenters. The summed E-state index contributed by atoms with van der Waals surface area (Å²) in [6.07, 6.45) is 5.94. The summed E-state index contributed by atoms with van der Waals surface area (Å²) in [4.78, 5) is 4.10. The average Bonchev–Trinajstić information content (AvgIpc) is 2.17. The second-order valence-electron chi connectivity index (χ2n) is 2.91. The fourth-order valence-corrected chi connectivity index (χ4v) is 1.52. The molecule has 3 heteroatoms. The van der Waals surface area contributed by atoms with Crippen molar-refractivity contribution in [3.05, 3.63) is 18.0 Å². The number of rotatable bonds is 1. The van der Waals surface area contributed by atoms with Crippen molar-refractivity contribution in [3.63, 3.8) is 0 Å². The van der Waals surface area contributed by atoms with E-state index in [0.717, 1.165) is 24.4 Å². The maximum absolute atomic E-state index is 5.19. The summed E-state index contributed by atoms with van der Waals surface area (Å²) in [5, 5.41) is 3.32. The smallest absolute Gasteiger partial charge is 0.160 e. The molecule has 2 heterocycles. The van der Waals surface area contributed by atoms with Gasteiger partial charge in [0.1, 0.15) is 0 Å². The van der Waals surface area contributed by atoms with Gasteiger partial charge < -0.3 is 10.1 Å². The largest absolute Gasteiger partial charge is 0.493 e. The van der Waals surface area contributed by atoms with Crippen molar-refractivity contribution in [3.8, 4) is 5.75 Å². The molecule has 0 aromatic carbocycles. The SMILES string of the molecule is COc1cncc2c1NCCC2. The molecule has 1 N–H and O–H groups in total. The zero-order valence-corrected chi connectivity index (χ0v) is 7.13. The van der Waals surface area contributed by atoms with Crippen molar-refractivity contribution in [2.75, 3.05) is 19.0 Å². The number of anilines is 1. The van der Waals surface area contributed by atoms with Gasteiger partial charge in [-0.3, -0.25) is 4.98 Å². The average molecular weight is 164 g/mol. The predicted molar refractivity (Wildman–Crippen MR) is 47.6 cm³/mol. The number of nitrogens with one attached hydrogen (secondary N) is 1. The van der Waals surface area contributed by atoms with Gasteiger partial charge in [-0.1, -0.05) is 0 Å². The molecule has 0 unspecified atom stereocenters. The van der Waals surface area contributed by atoms with Crippen LogP contribution in [0.15, 0.2) is 12.4 Å².